The van der Waals surface area contributed by atoms with E-state index in [0.717, 1.165) is 0 Å². The summed E-state index contributed by atoms with van der Waals surface area (Å²) in [6.07, 6.45) is 1.58. The number of nitrogens with zero attached hydrogens (tertiary/aromatic N) is 4. The quantitative estimate of drug-likeness (QED) is 0.776. The largest absolute Gasteiger partial charge is 0.384 e. The highest BCUT2D eigenvalue weighted by molar-refractivity contribution is 5.80. The van der Waals surface area contributed by atoms with E-state index in [1.807, 2.05) is 6.92 Å². The van der Waals surface area contributed by atoms with Gasteiger partial charge in [-0.3, -0.25) is 4.79 Å². The average Bonchev–Trinajstić information content (AvgIpc) is 2.25. The van der Waals surface area contributed by atoms with E-state index in [-0.39, 0.29) is 12.5 Å². The summed E-state index contributed by atoms with van der Waals surface area (Å²) in [5.74, 6) is 0.895. The van der Waals surface area contributed by atoms with Crippen molar-refractivity contribution in [1.29, 1.82) is 0 Å². The molecule has 0 atom stereocenters. The van der Waals surface area contributed by atoms with Crippen LogP contribution >= 0.6 is 0 Å². The van der Waals surface area contributed by atoms with Crippen LogP contribution < -0.4 is 10.6 Å². The van der Waals surface area contributed by atoms with Gasteiger partial charge in [-0.05, 0) is 13.0 Å². The lowest BCUT2D eigenvalue weighted by atomic mass is 10.4. The van der Waals surface area contributed by atoms with Gasteiger partial charge in [0.25, 0.3) is 0 Å². The lowest BCUT2D eigenvalue weighted by Crippen LogP contribution is -2.37. The first kappa shape index (κ1) is 12.2. The van der Waals surface area contributed by atoms with Gasteiger partial charge in [-0.15, -0.1) is 0 Å². The van der Waals surface area contributed by atoms with Gasteiger partial charge in [0.1, 0.15) is 5.82 Å². The molecule has 1 amide bonds. The standard InChI is InChI=1S/C10H17N5O/c1-4-15(7-9(16)14(2)3)10-12-6-5-8(11)13-10/h5-6H,4,7H2,1-3H3,(H2,11,12,13). The van der Waals surface area contributed by atoms with Crippen LogP contribution in [0.3, 0.4) is 0 Å². The molecular formula is C10H17N5O. The van der Waals surface area contributed by atoms with Crippen molar-refractivity contribution in [3.63, 3.8) is 0 Å². The number of aromatic nitrogens is 2. The van der Waals surface area contributed by atoms with Crippen molar-refractivity contribution in [2.45, 2.75) is 6.92 Å². The summed E-state index contributed by atoms with van der Waals surface area (Å²) in [5.41, 5.74) is 5.57. The summed E-state index contributed by atoms with van der Waals surface area (Å²) < 4.78 is 0. The van der Waals surface area contributed by atoms with Crippen molar-refractivity contribution < 1.29 is 4.79 Å². The van der Waals surface area contributed by atoms with Crippen molar-refractivity contribution in [1.82, 2.24) is 14.9 Å². The van der Waals surface area contributed by atoms with Gasteiger partial charge in [0, 0.05) is 26.8 Å². The molecule has 2 N–H and O–H groups in total. The molecule has 0 aromatic carbocycles. The predicted octanol–water partition coefficient (Wildman–Crippen LogP) is -0.0267. The topological polar surface area (TPSA) is 75.4 Å². The first-order valence-corrected chi connectivity index (χ1v) is 5.08. The van der Waals surface area contributed by atoms with Crippen molar-refractivity contribution in [3.05, 3.63) is 12.3 Å². The molecule has 0 unspecified atom stereocenters. The van der Waals surface area contributed by atoms with Crippen molar-refractivity contribution in [2.75, 3.05) is 37.8 Å². The van der Waals surface area contributed by atoms with Gasteiger partial charge in [-0.25, -0.2) is 4.98 Å². The number of carbonyl (C=O) groups is 1. The fraction of sp³-hybridized carbons (Fsp3) is 0.500. The molecule has 16 heavy (non-hydrogen) atoms. The number of amides is 1. The summed E-state index contributed by atoms with van der Waals surface area (Å²) in [7, 11) is 3.44. The summed E-state index contributed by atoms with van der Waals surface area (Å²) >= 11 is 0. The Bertz CT molecular complexity index is 366. The molecule has 6 heteroatoms. The number of hydrogen-bond donors (Lipinski definition) is 1. The molecule has 0 aliphatic carbocycles. The number of rotatable bonds is 4. The number of likely N-dealkylation sites (N-methyl/N-ethyl adjacent to an activating group) is 2. The molecule has 0 radical (unpaired) electrons. The second kappa shape index (κ2) is 5.29. The van der Waals surface area contributed by atoms with E-state index >= 15 is 0 Å². The molecular weight excluding hydrogens is 206 g/mol. The fourth-order valence-corrected chi connectivity index (χ4v) is 1.14. The fourth-order valence-electron chi connectivity index (χ4n) is 1.14. The minimum Gasteiger partial charge on any atom is -0.384 e. The Balaban J connectivity index is 2.78. The van der Waals surface area contributed by atoms with E-state index in [1.165, 1.54) is 4.90 Å². The molecule has 0 bridgehead atoms. The predicted molar refractivity (Wildman–Crippen MR) is 63.0 cm³/mol. The summed E-state index contributed by atoms with van der Waals surface area (Å²) in [6, 6.07) is 1.62. The van der Waals surface area contributed by atoms with Gasteiger partial charge in [0.2, 0.25) is 11.9 Å². The highest BCUT2D eigenvalue weighted by Crippen LogP contribution is 2.08. The van der Waals surface area contributed by atoms with Crippen molar-refractivity contribution >= 4 is 17.7 Å². The van der Waals surface area contributed by atoms with Crippen LogP contribution in [0, 0.1) is 0 Å². The van der Waals surface area contributed by atoms with Gasteiger partial charge in [0.05, 0.1) is 6.54 Å². The normalized spacial score (nSPS) is 9.94. The van der Waals surface area contributed by atoms with Crippen LogP contribution in [-0.2, 0) is 4.79 Å². The zero-order chi connectivity index (χ0) is 12.1. The van der Waals surface area contributed by atoms with Gasteiger partial charge in [-0.1, -0.05) is 0 Å². The number of carbonyl (C=O) groups excluding carboxylic acids is 1. The third-order valence-corrected chi connectivity index (χ3v) is 2.15. The Labute approximate surface area is 95.1 Å². The molecule has 0 saturated heterocycles. The Kier molecular flexibility index (Phi) is 4.04. The molecule has 0 spiro atoms. The maximum atomic E-state index is 11.6. The lowest BCUT2D eigenvalue weighted by Gasteiger charge is -2.22. The minimum atomic E-state index is 0.00729. The molecule has 0 aliphatic rings. The van der Waals surface area contributed by atoms with Crippen LogP contribution in [-0.4, -0.2) is 48.0 Å². The van der Waals surface area contributed by atoms with Crippen LogP contribution in [0.2, 0.25) is 0 Å². The number of nitrogens with two attached hydrogens (primary N) is 1. The molecule has 1 aromatic rings. The molecule has 1 heterocycles. The number of anilines is 2. The Hall–Kier alpha value is -1.85. The number of nitrogen functional groups attached to an aromatic ring is 1. The first-order valence-electron chi connectivity index (χ1n) is 5.08. The van der Waals surface area contributed by atoms with Crippen LogP contribution in [0.1, 0.15) is 6.92 Å². The smallest absolute Gasteiger partial charge is 0.241 e. The van der Waals surface area contributed by atoms with Gasteiger partial charge >= 0.3 is 0 Å². The Morgan fingerprint density at radius 3 is 2.69 bits per heavy atom. The number of hydrogen-bond acceptors (Lipinski definition) is 5. The Morgan fingerprint density at radius 1 is 1.50 bits per heavy atom. The molecule has 0 fully saturated rings. The van der Waals surface area contributed by atoms with E-state index in [1.54, 1.807) is 31.3 Å². The van der Waals surface area contributed by atoms with Gasteiger partial charge < -0.3 is 15.5 Å². The van der Waals surface area contributed by atoms with Crippen molar-refractivity contribution in [2.24, 2.45) is 0 Å². The molecule has 0 saturated carbocycles. The SMILES string of the molecule is CCN(CC(=O)N(C)C)c1nccc(N)n1. The maximum Gasteiger partial charge on any atom is 0.241 e. The van der Waals surface area contributed by atoms with E-state index in [0.29, 0.717) is 18.3 Å². The van der Waals surface area contributed by atoms with Crippen LogP contribution in [0.15, 0.2) is 12.3 Å². The zero-order valence-corrected chi connectivity index (χ0v) is 9.84. The second-order valence-electron chi connectivity index (χ2n) is 3.58. The highest BCUT2D eigenvalue weighted by Gasteiger charge is 2.13. The van der Waals surface area contributed by atoms with Gasteiger partial charge in [0.15, 0.2) is 0 Å². The lowest BCUT2D eigenvalue weighted by molar-refractivity contribution is -0.127. The monoisotopic (exact) mass is 223 g/mol. The second-order valence-corrected chi connectivity index (χ2v) is 3.58. The van der Waals surface area contributed by atoms with Crippen LogP contribution in [0.4, 0.5) is 11.8 Å². The summed E-state index contributed by atoms with van der Waals surface area (Å²) in [5, 5.41) is 0. The van der Waals surface area contributed by atoms with E-state index in [4.69, 9.17) is 5.73 Å². The maximum absolute atomic E-state index is 11.6. The molecule has 6 nitrogen and oxygen atoms in total. The van der Waals surface area contributed by atoms with E-state index in [9.17, 15) is 4.79 Å². The van der Waals surface area contributed by atoms with E-state index in [2.05, 4.69) is 9.97 Å². The Morgan fingerprint density at radius 2 is 2.19 bits per heavy atom. The third kappa shape index (κ3) is 3.08. The first-order chi connectivity index (χ1) is 7.54. The van der Waals surface area contributed by atoms with Crippen molar-refractivity contribution in [3.8, 4) is 0 Å². The highest BCUT2D eigenvalue weighted by atomic mass is 16.2. The van der Waals surface area contributed by atoms with Crippen LogP contribution in [0.5, 0.6) is 0 Å². The molecule has 1 aromatic heterocycles. The summed E-state index contributed by atoms with van der Waals surface area (Å²) in [6.45, 7) is 2.85. The van der Waals surface area contributed by atoms with Gasteiger partial charge in [-0.2, -0.15) is 4.98 Å². The average molecular weight is 223 g/mol. The molecule has 1 rings (SSSR count). The zero-order valence-electron chi connectivity index (χ0n) is 9.84. The minimum absolute atomic E-state index is 0.00729. The molecule has 0 aliphatic heterocycles. The van der Waals surface area contributed by atoms with Crippen LogP contribution in [0.25, 0.3) is 0 Å². The third-order valence-electron chi connectivity index (χ3n) is 2.15. The van der Waals surface area contributed by atoms with E-state index < -0.39 is 0 Å². The summed E-state index contributed by atoms with van der Waals surface area (Å²) in [4.78, 5) is 23.0. The molecule has 88 valence electrons.